The Hall–Kier alpha value is -1.78. The summed E-state index contributed by atoms with van der Waals surface area (Å²) >= 11 is 0. The Morgan fingerprint density at radius 1 is 1.50 bits per heavy atom. The number of primary amides is 1. The molecule has 0 aliphatic heterocycles. The van der Waals surface area contributed by atoms with Crippen molar-refractivity contribution < 1.29 is 14.7 Å². The normalized spacial score (nSPS) is 17.0. The minimum atomic E-state index is -1.09. The Balaban J connectivity index is 2.72. The Kier molecular flexibility index (Phi) is 3.28. The summed E-state index contributed by atoms with van der Waals surface area (Å²) in [6.07, 6.45) is 6.83. The maximum atomic E-state index is 10.8. The third-order valence-corrected chi connectivity index (χ3v) is 1.94. The van der Waals surface area contributed by atoms with Gasteiger partial charge < -0.3 is 16.2 Å². The summed E-state index contributed by atoms with van der Waals surface area (Å²) in [5.74, 6) is -1.09. The van der Waals surface area contributed by atoms with Gasteiger partial charge in [-0.1, -0.05) is 18.2 Å². The van der Waals surface area contributed by atoms with Crippen molar-refractivity contribution in [2.24, 2.45) is 5.73 Å². The van der Waals surface area contributed by atoms with Crippen LogP contribution in [-0.4, -0.2) is 23.1 Å². The Bertz CT molecular complexity index is 307. The third kappa shape index (κ3) is 2.62. The number of carboxylic acid groups (broad SMARTS) is 1. The average Bonchev–Trinajstić information content (AvgIpc) is 2.15. The smallest absolute Gasteiger partial charge is 0.330 e. The molecule has 0 aromatic heterocycles. The summed E-state index contributed by atoms with van der Waals surface area (Å²) < 4.78 is 0. The van der Waals surface area contributed by atoms with E-state index >= 15 is 0 Å². The highest BCUT2D eigenvalue weighted by molar-refractivity contribution is 5.84. The van der Waals surface area contributed by atoms with Crippen molar-refractivity contribution >= 4 is 12.0 Å². The summed E-state index contributed by atoms with van der Waals surface area (Å²) in [5, 5.41) is 11.0. The van der Waals surface area contributed by atoms with Crippen LogP contribution in [0.25, 0.3) is 0 Å². The van der Waals surface area contributed by atoms with Crippen LogP contribution in [0.2, 0.25) is 0 Å². The van der Waals surface area contributed by atoms with Crippen LogP contribution in [0.5, 0.6) is 0 Å². The van der Waals surface area contributed by atoms with E-state index in [-0.39, 0.29) is 0 Å². The maximum absolute atomic E-state index is 10.8. The monoisotopic (exact) mass is 196 g/mol. The largest absolute Gasteiger partial charge is 0.479 e. The minimum absolute atomic E-state index is 0.539. The van der Waals surface area contributed by atoms with E-state index < -0.39 is 18.0 Å². The van der Waals surface area contributed by atoms with Crippen LogP contribution >= 0.6 is 0 Å². The predicted octanol–water partition coefficient (Wildman–Crippen LogP) is 0.384. The summed E-state index contributed by atoms with van der Waals surface area (Å²) in [5.41, 5.74) is 5.54. The first-order valence-corrected chi connectivity index (χ1v) is 4.24. The van der Waals surface area contributed by atoms with Gasteiger partial charge in [0.2, 0.25) is 0 Å². The third-order valence-electron chi connectivity index (χ3n) is 1.94. The molecule has 2 amide bonds. The number of carbonyl (C=O) groups excluding carboxylic acids is 1. The second-order valence-electron chi connectivity index (χ2n) is 2.97. The molecule has 0 fully saturated rings. The second kappa shape index (κ2) is 4.45. The van der Waals surface area contributed by atoms with Crippen LogP contribution in [0.4, 0.5) is 4.79 Å². The van der Waals surface area contributed by atoms with E-state index in [9.17, 15) is 9.59 Å². The van der Waals surface area contributed by atoms with Gasteiger partial charge in [-0.3, -0.25) is 0 Å². The number of hydrogen-bond donors (Lipinski definition) is 3. The van der Waals surface area contributed by atoms with Crippen molar-refractivity contribution in [1.82, 2.24) is 5.32 Å². The number of hydrogen-bond acceptors (Lipinski definition) is 2. The van der Waals surface area contributed by atoms with Gasteiger partial charge in [-0.05, 0) is 18.4 Å². The minimum Gasteiger partial charge on any atom is -0.479 e. The van der Waals surface area contributed by atoms with Crippen LogP contribution in [0, 0.1) is 0 Å². The molecule has 0 aromatic carbocycles. The molecule has 0 saturated heterocycles. The highest BCUT2D eigenvalue weighted by atomic mass is 16.4. The zero-order valence-electron chi connectivity index (χ0n) is 7.56. The molecule has 1 aliphatic carbocycles. The number of allylic oxidation sites excluding steroid dienone is 3. The van der Waals surface area contributed by atoms with Crippen molar-refractivity contribution in [3.05, 3.63) is 23.8 Å². The van der Waals surface area contributed by atoms with Gasteiger partial charge in [-0.15, -0.1) is 0 Å². The summed E-state index contributed by atoms with van der Waals surface area (Å²) in [6, 6.07) is -1.83. The molecule has 4 N–H and O–H groups in total. The van der Waals surface area contributed by atoms with Gasteiger partial charge in [0.15, 0.2) is 0 Å². The molecule has 1 unspecified atom stereocenters. The Morgan fingerprint density at radius 3 is 2.64 bits per heavy atom. The molecular weight excluding hydrogens is 184 g/mol. The molecule has 1 atom stereocenters. The predicted molar refractivity (Wildman–Crippen MR) is 50.6 cm³/mol. The molecule has 76 valence electrons. The zero-order valence-corrected chi connectivity index (χ0v) is 7.56. The summed E-state index contributed by atoms with van der Waals surface area (Å²) in [7, 11) is 0. The van der Waals surface area contributed by atoms with E-state index in [1.54, 1.807) is 6.08 Å². The van der Waals surface area contributed by atoms with Gasteiger partial charge in [-0.2, -0.15) is 0 Å². The quantitative estimate of drug-likeness (QED) is 0.570. The van der Waals surface area contributed by atoms with Crippen LogP contribution in [-0.2, 0) is 4.79 Å². The summed E-state index contributed by atoms with van der Waals surface area (Å²) in [6.45, 7) is 0. The van der Waals surface area contributed by atoms with E-state index in [0.29, 0.717) is 18.4 Å². The Morgan fingerprint density at radius 2 is 2.21 bits per heavy atom. The van der Waals surface area contributed by atoms with E-state index in [0.717, 1.165) is 0 Å². The molecule has 0 aromatic rings. The molecular formula is C9H12N2O3. The first-order valence-electron chi connectivity index (χ1n) is 4.24. The second-order valence-corrected chi connectivity index (χ2v) is 2.97. The molecule has 0 spiro atoms. The van der Waals surface area contributed by atoms with Crippen molar-refractivity contribution in [3.63, 3.8) is 0 Å². The first kappa shape index (κ1) is 10.3. The van der Waals surface area contributed by atoms with Gasteiger partial charge in [0.1, 0.15) is 6.04 Å². The van der Waals surface area contributed by atoms with E-state index in [2.05, 4.69) is 5.32 Å². The molecule has 1 aliphatic rings. The molecule has 0 radical (unpaired) electrons. The van der Waals surface area contributed by atoms with Crippen molar-refractivity contribution in [1.29, 1.82) is 0 Å². The van der Waals surface area contributed by atoms with Crippen LogP contribution < -0.4 is 11.1 Å². The SMILES string of the molecule is NC(=O)NC(C(=O)O)C1=CCC=CC1. The average molecular weight is 196 g/mol. The van der Waals surface area contributed by atoms with E-state index in [1.165, 1.54) is 0 Å². The molecule has 14 heavy (non-hydrogen) atoms. The van der Waals surface area contributed by atoms with Crippen molar-refractivity contribution in [2.75, 3.05) is 0 Å². The standard InChI is InChI=1S/C9H12N2O3/c10-9(14)11-7(8(12)13)6-4-2-1-3-5-6/h1-2,5,7H,3-4H2,(H,12,13)(H3,10,11,14). The molecule has 0 bridgehead atoms. The highest BCUT2D eigenvalue weighted by Crippen LogP contribution is 2.15. The fraction of sp³-hybridized carbons (Fsp3) is 0.333. The maximum Gasteiger partial charge on any atom is 0.330 e. The molecule has 1 rings (SSSR count). The molecule has 5 heteroatoms. The van der Waals surface area contributed by atoms with Gasteiger partial charge >= 0.3 is 12.0 Å². The molecule has 0 heterocycles. The molecule has 5 nitrogen and oxygen atoms in total. The Labute approximate surface area is 81.3 Å². The topological polar surface area (TPSA) is 92.4 Å². The fourth-order valence-electron chi connectivity index (χ4n) is 1.31. The van der Waals surface area contributed by atoms with Crippen LogP contribution in [0.3, 0.4) is 0 Å². The number of carbonyl (C=O) groups is 2. The number of aliphatic carboxylic acids is 1. The zero-order chi connectivity index (χ0) is 10.6. The number of urea groups is 1. The van der Waals surface area contributed by atoms with Gasteiger partial charge in [0.05, 0.1) is 0 Å². The van der Waals surface area contributed by atoms with Crippen molar-refractivity contribution in [3.8, 4) is 0 Å². The first-order chi connectivity index (χ1) is 6.61. The van der Waals surface area contributed by atoms with Gasteiger partial charge in [-0.25, -0.2) is 9.59 Å². The lowest BCUT2D eigenvalue weighted by molar-refractivity contribution is -0.138. The lowest BCUT2D eigenvalue weighted by Crippen LogP contribution is -2.44. The highest BCUT2D eigenvalue weighted by Gasteiger charge is 2.22. The number of carboxylic acids is 1. The fourth-order valence-corrected chi connectivity index (χ4v) is 1.31. The van der Waals surface area contributed by atoms with Crippen LogP contribution in [0.15, 0.2) is 23.8 Å². The van der Waals surface area contributed by atoms with Gasteiger partial charge in [0.25, 0.3) is 0 Å². The summed E-state index contributed by atoms with van der Waals surface area (Å²) in [4.78, 5) is 21.4. The lowest BCUT2D eigenvalue weighted by Gasteiger charge is -2.17. The number of nitrogens with two attached hydrogens (primary N) is 1. The number of nitrogens with one attached hydrogen (secondary N) is 1. The van der Waals surface area contributed by atoms with Gasteiger partial charge in [0, 0.05) is 0 Å². The lowest BCUT2D eigenvalue weighted by atomic mass is 9.99. The van der Waals surface area contributed by atoms with Crippen molar-refractivity contribution in [2.45, 2.75) is 18.9 Å². The van der Waals surface area contributed by atoms with E-state index in [1.807, 2.05) is 12.2 Å². The number of rotatable bonds is 3. The molecule has 0 saturated carbocycles. The van der Waals surface area contributed by atoms with Crippen LogP contribution in [0.1, 0.15) is 12.8 Å². The number of amides is 2. The van der Waals surface area contributed by atoms with E-state index in [4.69, 9.17) is 10.8 Å².